The van der Waals surface area contributed by atoms with Crippen molar-refractivity contribution in [1.29, 1.82) is 0 Å². The number of fused-ring (bicyclic) bond motifs is 8. The van der Waals surface area contributed by atoms with E-state index in [2.05, 4.69) is 0 Å². The minimum Gasteiger partial charge on any atom is -0.268 e. The molecule has 0 bridgehead atoms. The molecule has 0 aliphatic rings. The van der Waals surface area contributed by atoms with Gasteiger partial charge in [0.2, 0.25) is 11.6 Å². The van der Waals surface area contributed by atoms with Crippen LogP contribution in [0.5, 0.6) is 0 Å². The zero-order valence-corrected chi connectivity index (χ0v) is 19.6. The van der Waals surface area contributed by atoms with Crippen LogP contribution in [-0.4, -0.2) is 33.9 Å². The van der Waals surface area contributed by atoms with Gasteiger partial charge < -0.3 is 0 Å². The highest BCUT2D eigenvalue weighted by Crippen LogP contribution is 2.25. The lowest BCUT2D eigenvalue weighted by Crippen LogP contribution is -2.23. The molecule has 9 nitrogen and oxygen atoms in total. The van der Waals surface area contributed by atoms with Crippen molar-refractivity contribution in [1.82, 2.24) is 27.9 Å². The fourth-order valence-electron chi connectivity index (χ4n) is 5.35. The first-order valence-corrected chi connectivity index (χ1v) is 12.0. The summed E-state index contributed by atoms with van der Waals surface area (Å²) in [4.78, 5) is 51.2. The first-order valence-electron chi connectivity index (χ1n) is 12.0. The number of para-hydroxylation sites is 6. The molecule has 0 saturated heterocycles. The van der Waals surface area contributed by atoms with Gasteiger partial charge in [0.25, 0.3) is 11.1 Å². The van der Waals surface area contributed by atoms with Crippen LogP contribution >= 0.6 is 0 Å². The summed E-state index contributed by atoms with van der Waals surface area (Å²) in [7, 11) is 0. The van der Waals surface area contributed by atoms with Crippen molar-refractivity contribution in [3.05, 3.63) is 118 Å². The standard InChI is InChI=1S/C29H16N6O3/c36-25-17-9-1-3-11-19(17)30-27-32(25)21-13-5-7-15-23(21)34(27)29(38)35-24-16-8-6-14-22(24)33-26(37)18-10-2-4-12-20(18)31-28(33)35/h1-16H. The maximum atomic E-state index is 14.5. The number of rotatable bonds is 0. The van der Waals surface area contributed by atoms with Crippen LogP contribution in [0.2, 0.25) is 0 Å². The summed E-state index contributed by atoms with van der Waals surface area (Å²) in [5.41, 5.74) is 2.56. The minimum absolute atomic E-state index is 0.180. The number of nitrogens with zero attached hydrogens (tertiary/aromatic N) is 6. The minimum atomic E-state index is -0.508. The Morgan fingerprint density at radius 3 is 1.32 bits per heavy atom. The van der Waals surface area contributed by atoms with Crippen molar-refractivity contribution in [2.24, 2.45) is 0 Å². The molecule has 0 unspecified atom stereocenters. The molecule has 0 radical (unpaired) electrons. The molecule has 4 aromatic heterocycles. The van der Waals surface area contributed by atoms with Crippen LogP contribution in [0, 0.1) is 0 Å². The molecule has 9 heteroatoms. The smallest absolute Gasteiger partial charge is 0.268 e. The predicted molar refractivity (Wildman–Crippen MR) is 145 cm³/mol. The van der Waals surface area contributed by atoms with Crippen LogP contribution in [0.4, 0.5) is 4.79 Å². The van der Waals surface area contributed by atoms with E-state index in [1.165, 1.54) is 17.9 Å². The third-order valence-corrected chi connectivity index (χ3v) is 7.03. The zero-order valence-electron chi connectivity index (χ0n) is 19.6. The Kier molecular flexibility index (Phi) is 3.92. The third-order valence-electron chi connectivity index (χ3n) is 7.03. The van der Waals surface area contributed by atoms with Crippen LogP contribution in [0.1, 0.15) is 0 Å². The van der Waals surface area contributed by atoms with Crippen molar-refractivity contribution in [2.75, 3.05) is 0 Å². The zero-order chi connectivity index (χ0) is 25.5. The Morgan fingerprint density at radius 1 is 0.500 bits per heavy atom. The Labute approximate surface area is 212 Å². The van der Waals surface area contributed by atoms with Crippen molar-refractivity contribution in [3.63, 3.8) is 0 Å². The molecule has 4 heterocycles. The molecule has 4 aromatic carbocycles. The average molecular weight is 496 g/mol. The fraction of sp³-hybridized carbons (Fsp3) is 0. The largest absolute Gasteiger partial charge is 0.343 e. The highest BCUT2D eigenvalue weighted by Gasteiger charge is 2.25. The molecule has 0 spiro atoms. The number of benzene rings is 4. The van der Waals surface area contributed by atoms with Crippen LogP contribution in [0.15, 0.2) is 107 Å². The topological polar surface area (TPSA) is 95.7 Å². The lowest BCUT2D eigenvalue weighted by atomic mass is 10.2. The first kappa shape index (κ1) is 20.6. The van der Waals surface area contributed by atoms with E-state index in [4.69, 9.17) is 9.97 Å². The van der Waals surface area contributed by atoms with Gasteiger partial charge in [-0.25, -0.2) is 32.7 Å². The van der Waals surface area contributed by atoms with Gasteiger partial charge in [-0.05, 0) is 48.5 Å². The molecule has 0 aliphatic carbocycles. The summed E-state index contributed by atoms with van der Waals surface area (Å²) < 4.78 is 5.74. The third kappa shape index (κ3) is 2.51. The molecule has 0 atom stereocenters. The number of carbonyl (C=O) groups is 1. The van der Waals surface area contributed by atoms with Crippen LogP contribution in [0.25, 0.3) is 55.4 Å². The summed E-state index contributed by atoms with van der Waals surface area (Å²) in [6.07, 6.45) is 0. The number of hydrogen-bond acceptors (Lipinski definition) is 5. The summed E-state index contributed by atoms with van der Waals surface area (Å²) in [5, 5.41) is 0.911. The van der Waals surface area contributed by atoms with E-state index in [9.17, 15) is 14.4 Å². The van der Waals surface area contributed by atoms with Crippen LogP contribution in [0.3, 0.4) is 0 Å². The lowest BCUT2D eigenvalue weighted by molar-refractivity contribution is 0.246. The van der Waals surface area contributed by atoms with E-state index in [-0.39, 0.29) is 22.7 Å². The van der Waals surface area contributed by atoms with E-state index < -0.39 is 6.03 Å². The first-order chi connectivity index (χ1) is 18.6. The molecule has 0 amide bonds. The average Bonchev–Trinajstić information content (AvgIpc) is 3.46. The van der Waals surface area contributed by atoms with Crippen molar-refractivity contribution in [2.45, 2.75) is 0 Å². The Balaban J connectivity index is 1.57. The second-order valence-electron chi connectivity index (χ2n) is 9.07. The van der Waals surface area contributed by atoms with Gasteiger partial charge in [0.05, 0.1) is 43.9 Å². The van der Waals surface area contributed by atoms with Gasteiger partial charge >= 0.3 is 6.03 Å². The Morgan fingerprint density at radius 2 is 0.868 bits per heavy atom. The summed E-state index contributed by atoms with van der Waals surface area (Å²) in [6, 6.07) is 27.9. The Bertz CT molecular complexity index is 2260. The highest BCUT2D eigenvalue weighted by atomic mass is 16.2. The molecule has 0 saturated carbocycles. The van der Waals surface area contributed by atoms with Gasteiger partial charge in [-0.1, -0.05) is 48.5 Å². The van der Waals surface area contributed by atoms with E-state index in [0.717, 1.165) is 0 Å². The fourth-order valence-corrected chi connectivity index (χ4v) is 5.35. The number of hydrogen-bond donors (Lipinski definition) is 0. The molecule has 0 fully saturated rings. The van der Waals surface area contributed by atoms with Crippen molar-refractivity contribution < 1.29 is 4.79 Å². The molecule has 8 aromatic rings. The second-order valence-corrected chi connectivity index (χ2v) is 9.07. The maximum absolute atomic E-state index is 14.5. The van der Waals surface area contributed by atoms with E-state index in [1.807, 2.05) is 12.1 Å². The van der Waals surface area contributed by atoms with E-state index >= 15 is 0 Å². The lowest BCUT2D eigenvalue weighted by Gasteiger charge is -2.08. The predicted octanol–water partition coefficient (Wildman–Crippen LogP) is 4.43. The monoisotopic (exact) mass is 496 g/mol. The van der Waals surface area contributed by atoms with Gasteiger partial charge in [-0.2, -0.15) is 0 Å². The molecule has 8 rings (SSSR count). The van der Waals surface area contributed by atoms with Crippen molar-refractivity contribution >= 4 is 61.5 Å². The van der Waals surface area contributed by atoms with Gasteiger partial charge in [0.15, 0.2) is 0 Å². The van der Waals surface area contributed by atoms with Gasteiger partial charge in [0, 0.05) is 0 Å². The molecule has 0 aliphatic heterocycles. The summed E-state index contributed by atoms with van der Waals surface area (Å²) in [6.45, 7) is 0. The normalized spacial score (nSPS) is 12.0. The number of aromatic nitrogens is 6. The number of carbonyl (C=O) groups excluding carboxylic acids is 1. The maximum Gasteiger partial charge on any atom is 0.343 e. The number of imidazole rings is 2. The quantitative estimate of drug-likeness (QED) is 0.309. The van der Waals surface area contributed by atoms with Gasteiger partial charge in [-0.15, -0.1) is 0 Å². The summed E-state index contributed by atoms with van der Waals surface area (Å²) in [5.74, 6) is 0.359. The molecule has 0 N–H and O–H groups in total. The summed E-state index contributed by atoms with van der Waals surface area (Å²) >= 11 is 0. The van der Waals surface area contributed by atoms with Gasteiger partial charge in [-0.3, -0.25) is 9.59 Å². The molecular formula is C29H16N6O3. The van der Waals surface area contributed by atoms with Crippen molar-refractivity contribution in [3.8, 4) is 0 Å². The van der Waals surface area contributed by atoms with Crippen LogP contribution in [-0.2, 0) is 0 Å². The second kappa shape index (κ2) is 7.23. The van der Waals surface area contributed by atoms with Gasteiger partial charge in [0.1, 0.15) is 0 Å². The van der Waals surface area contributed by atoms with Crippen LogP contribution < -0.4 is 11.1 Å². The highest BCUT2D eigenvalue weighted by molar-refractivity contribution is 6.03. The van der Waals surface area contributed by atoms with E-state index in [1.54, 1.807) is 84.9 Å². The van der Waals surface area contributed by atoms with E-state index in [0.29, 0.717) is 43.9 Å². The molecule has 38 heavy (non-hydrogen) atoms. The molecular weight excluding hydrogens is 480 g/mol. The SMILES string of the molecule is O=C(n1c2ccccc2n2c(=O)c3ccccc3nc12)n1c2ccccc2n2c(=O)c3ccccc3nc12. The Hall–Kier alpha value is -5.57. The molecule has 180 valence electrons.